The van der Waals surface area contributed by atoms with Crippen LogP contribution in [0.15, 0.2) is 6.07 Å². The first-order chi connectivity index (χ1) is 7.02. The highest BCUT2D eigenvalue weighted by atomic mass is 16.5. The van der Waals surface area contributed by atoms with Gasteiger partial charge < -0.3 is 14.6 Å². The first-order valence-electron chi connectivity index (χ1n) is 4.48. The van der Waals surface area contributed by atoms with Gasteiger partial charge in [0.2, 0.25) is 0 Å². The van der Waals surface area contributed by atoms with Crippen molar-refractivity contribution in [2.45, 2.75) is 13.8 Å². The molecule has 82 valence electrons. The number of ether oxygens (including phenoxy) is 2. The van der Waals surface area contributed by atoms with E-state index in [1.54, 1.807) is 6.92 Å². The van der Waals surface area contributed by atoms with E-state index in [0.717, 1.165) is 5.56 Å². The molecule has 0 bridgehead atoms. The zero-order valence-electron chi connectivity index (χ0n) is 9.25. The van der Waals surface area contributed by atoms with E-state index < -0.39 is 5.97 Å². The van der Waals surface area contributed by atoms with Crippen molar-refractivity contribution in [3.8, 4) is 11.5 Å². The van der Waals surface area contributed by atoms with E-state index in [4.69, 9.17) is 14.6 Å². The van der Waals surface area contributed by atoms with Crippen molar-refractivity contribution < 1.29 is 19.4 Å². The van der Waals surface area contributed by atoms with Gasteiger partial charge in [0, 0.05) is 11.1 Å². The third kappa shape index (κ3) is 1.88. The molecular formula is C11H14O4. The van der Waals surface area contributed by atoms with Crippen LogP contribution in [0.4, 0.5) is 0 Å². The van der Waals surface area contributed by atoms with Gasteiger partial charge in [-0.25, -0.2) is 4.79 Å². The SMILES string of the molecule is COc1cc(C(=O)O)c(C)c(OC)c1C. The van der Waals surface area contributed by atoms with Crippen LogP contribution >= 0.6 is 0 Å². The van der Waals surface area contributed by atoms with Crippen LogP contribution in [0.3, 0.4) is 0 Å². The number of benzene rings is 1. The smallest absolute Gasteiger partial charge is 0.336 e. The Morgan fingerprint density at radius 2 is 1.80 bits per heavy atom. The Balaban J connectivity index is 3.51. The van der Waals surface area contributed by atoms with Crippen molar-refractivity contribution in [1.29, 1.82) is 0 Å². The lowest BCUT2D eigenvalue weighted by Crippen LogP contribution is -2.04. The Kier molecular flexibility index (Phi) is 3.19. The molecular weight excluding hydrogens is 196 g/mol. The fraction of sp³-hybridized carbons (Fsp3) is 0.364. The number of rotatable bonds is 3. The van der Waals surface area contributed by atoms with E-state index in [0.29, 0.717) is 17.1 Å². The molecule has 15 heavy (non-hydrogen) atoms. The summed E-state index contributed by atoms with van der Waals surface area (Å²) in [6, 6.07) is 1.51. The van der Waals surface area contributed by atoms with Crippen molar-refractivity contribution in [3.63, 3.8) is 0 Å². The summed E-state index contributed by atoms with van der Waals surface area (Å²) in [5, 5.41) is 8.99. The van der Waals surface area contributed by atoms with Crippen LogP contribution in [-0.4, -0.2) is 25.3 Å². The second kappa shape index (κ2) is 4.21. The summed E-state index contributed by atoms with van der Waals surface area (Å²) in [5.41, 5.74) is 1.63. The van der Waals surface area contributed by atoms with Crippen molar-refractivity contribution in [1.82, 2.24) is 0 Å². The molecule has 0 fully saturated rings. The number of aromatic carboxylic acids is 1. The molecule has 1 aromatic carbocycles. The van der Waals surface area contributed by atoms with E-state index in [9.17, 15) is 4.79 Å². The predicted octanol–water partition coefficient (Wildman–Crippen LogP) is 2.02. The maximum atomic E-state index is 11.0. The molecule has 1 aromatic rings. The van der Waals surface area contributed by atoms with Crippen molar-refractivity contribution in [3.05, 3.63) is 22.8 Å². The fourth-order valence-electron chi connectivity index (χ4n) is 1.60. The molecule has 1 rings (SSSR count). The highest BCUT2D eigenvalue weighted by Gasteiger charge is 2.17. The van der Waals surface area contributed by atoms with Crippen molar-refractivity contribution >= 4 is 5.97 Å². The summed E-state index contributed by atoms with van der Waals surface area (Å²) in [7, 11) is 3.02. The maximum absolute atomic E-state index is 11.0. The third-order valence-electron chi connectivity index (χ3n) is 2.38. The number of carboxylic acids is 1. The Labute approximate surface area is 88.4 Å². The molecule has 0 atom stereocenters. The van der Waals surface area contributed by atoms with Gasteiger partial charge in [0.25, 0.3) is 0 Å². The van der Waals surface area contributed by atoms with E-state index in [1.807, 2.05) is 6.92 Å². The topological polar surface area (TPSA) is 55.8 Å². The standard InChI is InChI=1S/C11H14O4/c1-6-8(11(12)13)5-9(14-3)7(2)10(6)15-4/h5H,1-4H3,(H,12,13). The zero-order valence-corrected chi connectivity index (χ0v) is 9.25. The minimum Gasteiger partial charge on any atom is -0.496 e. The molecule has 4 nitrogen and oxygen atoms in total. The Bertz CT molecular complexity index is 396. The van der Waals surface area contributed by atoms with Crippen molar-refractivity contribution in [2.75, 3.05) is 14.2 Å². The molecule has 0 aromatic heterocycles. The van der Waals surface area contributed by atoms with Crippen LogP contribution in [0.25, 0.3) is 0 Å². The van der Waals surface area contributed by atoms with Gasteiger partial charge >= 0.3 is 5.97 Å². The zero-order chi connectivity index (χ0) is 11.6. The summed E-state index contributed by atoms with van der Waals surface area (Å²) in [6.45, 7) is 3.55. The van der Waals surface area contributed by atoms with Crippen LogP contribution in [-0.2, 0) is 0 Å². The number of methoxy groups -OCH3 is 2. The predicted molar refractivity (Wildman–Crippen MR) is 56.0 cm³/mol. The van der Waals surface area contributed by atoms with E-state index in [-0.39, 0.29) is 5.56 Å². The van der Waals surface area contributed by atoms with Crippen LogP contribution in [0.1, 0.15) is 21.5 Å². The minimum absolute atomic E-state index is 0.203. The van der Waals surface area contributed by atoms with Gasteiger partial charge in [0.05, 0.1) is 19.8 Å². The molecule has 0 unspecified atom stereocenters. The summed E-state index contributed by atoms with van der Waals surface area (Å²) < 4.78 is 10.3. The average molecular weight is 210 g/mol. The molecule has 0 radical (unpaired) electrons. The maximum Gasteiger partial charge on any atom is 0.336 e. The first-order valence-corrected chi connectivity index (χ1v) is 4.48. The van der Waals surface area contributed by atoms with E-state index in [1.165, 1.54) is 20.3 Å². The Morgan fingerprint density at radius 1 is 1.20 bits per heavy atom. The van der Waals surface area contributed by atoms with E-state index in [2.05, 4.69) is 0 Å². The largest absolute Gasteiger partial charge is 0.496 e. The highest BCUT2D eigenvalue weighted by molar-refractivity contribution is 5.91. The molecule has 0 heterocycles. The number of hydrogen-bond acceptors (Lipinski definition) is 3. The molecule has 1 N–H and O–H groups in total. The van der Waals surface area contributed by atoms with Gasteiger partial charge in [-0.05, 0) is 19.9 Å². The number of carboxylic acid groups (broad SMARTS) is 1. The van der Waals surface area contributed by atoms with Gasteiger partial charge in [0.15, 0.2) is 0 Å². The van der Waals surface area contributed by atoms with Gasteiger partial charge in [0.1, 0.15) is 11.5 Å². The molecule has 4 heteroatoms. The lowest BCUT2D eigenvalue weighted by molar-refractivity contribution is 0.0695. The Morgan fingerprint density at radius 3 is 2.20 bits per heavy atom. The Hall–Kier alpha value is -1.71. The van der Waals surface area contributed by atoms with Crippen molar-refractivity contribution in [2.24, 2.45) is 0 Å². The lowest BCUT2D eigenvalue weighted by atomic mass is 10.0. The van der Waals surface area contributed by atoms with Gasteiger partial charge in [-0.1, -0.05) is 0 Å². The highest BCUT2D eigenvalue weighted by Crippen LogP contribution is 2.33. The fourth-order valence-corrected chi connectivity index (χ4v) is 1.60. The number of carbonyl (C=O) groups is 1. The first kappa shape index (κ1) is 11.4. The molecule has 0 spiro atoms. The van der Waals surface area contributed by atoms with Crippen LogP contribution in [0, 0.1) is 13.8 Å². The summed E-state index contributed by atoms with van der Waals surface area (Å²) in [6.07, 6.45) is 0. The monoisotopic (exact) mass is 210 g/mol. The second-order valence-corrected chi connectivity index (χ2v) is 3.21. The molecule has 0 aliphatic rings. The lowest BCUT2D eigenvalue weighted by Gasteiger charge is -2.14. The molecule has 0 aliphatic carbocycles. The van der Waals surface area contributed by atoms with Crippen LogP contribution < -0.4 is 9.47 Å². The second-order valence-electron chi connectivity index (χ2n) is 3.21. The molecule has 0 aliphatic heterocycles. The van der Waals surface area contributed by atoms with E-state index >= 15 is 0 Å². The summed E-state index contributed by atoms with van der Waals surface area (Å²) in [5.74, 6) is 0.103. The third-order valence-corrected chi connectivity index (χ3v) is 2.38. The molecule has 0 saturated heterocycles. The number of hydrogen-bond donors (Lipinski definition) is 1. The average Bonchev–Trinajstić information content (AvgIpc) is 2.18. The normalized spacial score (nSPS) is 9.87. The van der Waals surface area contributed by atoms with Crippen LogP contribution in [0.2, 0.25) is 0 Å². The summed E-state index contributed by atoms with van der Waals surface area (Å²) in [4.78, 5) is 11.0. The van der Waals surface area contributed by atoms with Gasteiger partial charge in [-0.15, -0.1) is 0 Å². The minimum atomic E-state index is -0.982. The molecule has 0 amide bonds. The molecule has 0 saturated carbocycles. The van der Waals surface area contributed by atoms with Gasteiger partial charge in [-0.2, -0.15) is 0 Å². The van der Waals surface area contributed by atoms with Gasteiger partial charge in [-0.3, -0.25) is 0 Å². The quantitative estimate of drug-likeness (QED) is 0.829. The van der Waals surface area contributed by atoms with Crippen LogP contribution in [0.5, 0.6) is 11.5 Å². The summed E-state index contributed by atoms with van der Waals surface area (Å²) >= 11 is 0.